The number of piperidine rings is 1. The van der Waals surface area contributed by atoms with Crippen molar-refractivity contribution in [1.82, 2.24) is 24.1 Å². The SMILES string of the molecule is CC(C(=O)Nc1ccc(C(F)(F)F)cc1Cl)n1c2c(c(=O)n3nc(Br)nc13)C1(CCC2)CCN(C(=O)OC(C)(C)C)CC1. The summed E-state index contributed by atoms with van der Waals surface area (Å²) in [7, 11) is 0. The first-order valence-electron chi connectivity index (χ1n) is 13.9. The number of fused-ring (bicyclic) bond motifs is 3. The van der Waals surface area contributed by atoms with Crippen LogP contribution in [0.2, 0.25) is 5.02 Å². The van der Waals surface area contributed by atoms with Crippen molar-refractivity contribution < 1.29 is 27.5 Å². The van der Waals surface area contributed by atoms with Crippen LogP contribution in [0.4, 0.5) is 23.7 Å². The molecule has 3 aromatic rings. The van der Waals surface area contributed by atoms with E-state index in [-0.39, 0.29) is 26.8 Å². The van der Waals surface area contributed by atoms with Crippen molar-refractivity contribution in [3.8, 4) is 0 Å². The topological polar surface area (TPSA) is 111 Å². The second-order valence-corrected chi connectivity index (χ2v) is 13.2. The van der Waals surface area contributed by atoms with Gasteiger partial charge in [0.1, 0.15) is 11.6 Å². The number of alkyl halides is 3. The number of carbonyl (C=O) groups is 2. The third-order valence-corrected chi connectivity index (χ3v) is 8.71. The van der Waals surface area contributed by atoms with Crippen LogP contribution in [-0.4, -0.2) is 54.8 Å². The van der Waals surface area contributed by atoms with Gasteiger partial charge in [-0.25, -0.2) is 4.79 Å². The summed E-state index contributed by atoms with van der Waals surface area (Å²) in [5.74, 6) is -0.409. The van der Waals surface area contributed by atoms with E-state index in [2.05, 4.69) is 31.3 Å². The lowest BCUT2D eigenvalue weighted by atomic mass is 9.66. The number of anilines is 1. The van der Waals surface area contributed by atoms with Crippen molar-refractivity contribution in [2.45, 2.75) is 83.0 Å². The van der Waals surface area contributed by atoms with Crippen LogP contribution in [0.1, 0.15) is 76.2 Å². The number of amides is 2. The highest BCUT2D eigenvalue weighted by atomic mass is 79.9. The number of aromatic nitrogens is 4. The van der Waals surface area contributed by atoms with Gasteiger partial charge in [0.05, 0.1) is 16.3 Å². The molecule has 2 amide bonds. The molecule has 43 heavy (non-hydrogen) atoms. The Labute approximate surface area is 258 Å². The van der Waals surface area contributed by atoms with Gasteiger partial charge in [-0.05, 0) is 93.9 Å². The van der Waals surface area contributed by atoms with E-state index in [4.69, 9.17) is 16.3 Å². The summed E-state index contributed by atoms with van der Waals surface area (Å²) in [6.07, 6.45) is -1.97. The molecule has 15 heteroatoms. The van der Waals surface area contributed by atoms with Crippen molar-refractivity contribution in [1.29, 1.82) is 0 Å². The molecule has 0 bridgehead atoms. The van der Waals surface area contributed by atoms with Gasteiger partial charge in [0.25, 0.3) is 5.56 Å². The average Bonchev–Trinajstić information content (AvgIpc) is 3.30. The predicted octanol–water partition coefficient (Wildman–Crippen LogP) is 6.13. The minimum atomic E-state index is -4.58. The molecule has 1 atom stereocenters. The van der Waals surface area contributed by atoms with E-state index < -0.39 is 40.8 Å². The first-order valence-corrected chi connectivity index (χ1v) is 15.0. The Morgan fingerprint density at radius 1 is 1.16 bits per heavy atom. The number of ether oxygens (including phenoxy) is 1. The maximum absolute atomic E-state index is 14.0. The largest absolute Gasteiger partial charge is 0.444 e. The van der Waals surface area contributed by atoms with Crippen LogP contribution in [0, 0.1) is 0 Å². The zero-order chi connectivity index (χ0) is 31.5. The van der Waals surface area contributed by atoms with Crippen LogP contribution >= 0.6 is 27.5 Å². The highest BCUT2D eigenvalue weighted by molar-refractivity contribution is 9.10. The van der Waals surface area contributed by atoms with Gasteiger partial charge < -0.3 is 19.5 Å². The van der Waals surface area contributed by atoms with Gasteiger partial charge in [-0.2, -0.15) is 22.7 Å². The molecule has 1 fully saturated rings. The summed E-state index contributed by atoms with van der Waals surface area (Å²) in [5.41, 5.74) is -1.24. The lowest BCUT2D eigenvalue weighted by molar-refractivity contribution is -0.137. The summed E-state index contributed by atoms with van der Waals surface area (Å²) in [4.78, 5) is 46.3. The maximum Gasteiger partial charge on any atom is 0.416 e. The van der Waals surface area contributed by atoms with E-state index in [9.17, 15) is 27.6 Å². The lowest BCUT2D eigenvalue weighted by Crippen LogP contribution is -2.51. The van der Waals surface area contributed by atoms with Gasteiger partial charge in [0.15, 0.2) is 0 Å². The first kappa shape index (κ1) is 31.3. The molecule has 1 unspecified atom stereocenters. The molecule has 232 valence electrons. The van der Waals surface area contributed by atoms with Crippen LogP contribution in [0.3, 0.4) is 0 Å². The Hall–Kier alpha value is -3.13. The van der Waals surface area contributed by atoms with Crippen molar-refractivity contribution in [3.63, 3.8) is 0 Å². The Balaban J connectivity index is 1.51. The predicted molar refractivity (Wildman–Crippen MR) is 156 cm³/mol. The fourth-order valence-electron chi connectivity index (χ4n) is 6.04. The average molecular weight is 688 g/mol. The van der Waals surface area contributed by atoms with Gasteiger partial charge in [0.2, 0.25) is 16.4 Å². The Bertz CT molecular complexity index is 1660. The van der Waals surface area contributed by atoms with Gasteiger partial charge in [-0.15, -0.1) is 5.10 Å². The quantitative estimate of drug-likeness (QED) is 0.355. The number of hydrogen-bond donors (Lipinski definition) is 1. The summed E-state index contributed by atoms with van der Waals surface area (Å²) < 4.78 is 47.9. The Morgan fingerprint density at radius 2 is 1.84 bits per heavy atom. The lowest BCUT2D eigenvalue weighted by Gasteiger charge is -2.45. The van der Waals surface area contributed by atoms with E-state index in [0.717, 1.165) is 31.0 Å². The summed E-state index contributed by atoms with van der Waals surface area (Å²) in [6.45, 7) is 7.83. The van der Waals surface area contributed by atoms with Crippen molar-refractivity contribution >= 4 is 51.0 Å². The molecule has 0 saturated carbocycles. The number of likely N-dealkylation sites (tertiary alicyclic amines) is 1. The van der Waals surface area contributed by atoms with Gasteiger partial charge in [-0.3, -0.25) is 9.59 Å². The minimum Gasteiger partial charge on any atom is -0.444 e. The molecule has 10 nitrogen and oxygen atoms in total. The number of rotatable bonds is 3. The molecular weight excluding hydrogens is 657 g/mol. The van der Waals surface area contributed by atoms with Crippen molar-refractivity contribution in [2.24, 2.45) is 0 Å². The molecule has 1 aliphatic carbocycles. The smallest absolute Gasteiger partial charge is 0.416 e. The standard InChI is InChI=1S/C28H31BrClF3N6O4/c1-15(21(40)34-18-8-7-16(14-17(18)30)28(31,32)33)38-19-6-5-9-27(20(19)22(41)39-24(38)35-23(29)36-39)10-12-37(13-11-27)25(42)43-26(2,3)4/h7-8,14-15H,5-6,9-13H2,1-4H3,(H,34,40). The molecule has 1 aromatic carbocycles. The molecule has 2 aliphatic rings. The van der Waals surface area contributed by atoms with Crippen LogP contribution in [0.25, 0.3) is 5.78 Å². The van der Waals surface area contributed by atoms with Gasteiger partial charge in [0, 0.05) is 29.8 Å². The van der Waals surface area contributed by atoms with Crippen LogP contribution in [0.15, 0.2) is 27.7 Å². The van der Waals surface area contributed by atoms with Crippen LogP contribution in [0.5, 0.6) is 0 Å². The summed E-state index contributed by atoms with van der Waals surface area (Å²) >= 11 is 9.34. The number of hydrogen-bond acceptors (Lipinski definition) is 6. The number of halogens is 5. The van der Waals surface area contributed by atoms with E-state index >= 15 is 0 Å². The normalized spacial score (nSPS) is 17.6. The molecule has 0 radical (unpaired) electrons. The first-order chi connectivity index (χ1) is 20.0. The molecule has 1 spiro atoms. The fourth-order valence-corrected chi connectivity index (χ4v) is 6.58. The highest BCUT2D eigenvalue weighted by Crippen LogP contribution is 2.44. The van der Waals surface area contributed by atoms with E-state index in [1.807, 2.05) is 0 Å². The molecular formula is C28H31BrClF3N6O4. The van der Waals surface area contributed by atoms with E-state index in [1.54, 1.807) is 37.2 Å². The van der Waals surface area contributed by atoms with Gasteiger partial charge in [-0.1, -0.05) is 11.6 Å². The third kappa shape index (κ3) is 6.00. The third-order valence-electron chi connectivity index (χ3n) is 8.06. The molecule has 3 heterocycles. The number of nitrogens with zero attached hydrogens (tertiary/aromatic N) is 5. The molecule has 1 aliphatic heterocycles. The second-order valence-electron chi connectivity index (χ2n) is 12.0. The molecule has 1 N–H and O–H groups in total. The molecule has 1 saturated heterocycles. The Kier molecular flexibility index (Phi) is 8.08. The number of carbonyl (C=O) groups excluding carboxylic acids is 2. The monoisotopic (exact) mass is 686 g/mol. The fraction of sp³-hybridized carbons (Fsp3) is 0.536. The number of benzene rings is 1. The van der Waals surface area contributed by atoms with E-state index in [0.29, 0.717) is 43.6 Å². The van der Waals surface area contributed by atoms with Gasteiger partial charge >= 0.3 is 12.3 Å². The zero-order valence-electron chi connectivity index (χ0n) is 24.0. The minimum absolute atomic E-state index is 0.0195. The zero-order valence-corrected chi connectivity index (χ0v) is 26.4. The summed E-state index contributed by atoms with van der Waals surface area (Å²) in [5, 5.41) is 6.62. The summed E-state index contributed by atoms with van der Waals surface area (Å²) in [6, 6.07) is 1.76. The van der Waals surface area contributed by atoms with Crippen molar-refractivity contribution in [2.75, 3.05) is 18.4 Å². The van der Waals surface area contributed by atoms with Crippen LogP contribution in [-0.2, 0) is 27.5 Å². The molecule has 5 rings (SSSR count). The van der Waals surface area contributed by atoms with Crippen LogP contribution < -0.4 is 10.9 Å². The Morgan fingerprint density at radius 3 is 2.44 bits per heavy atom. The molecule has 2 aromatic heterocycles. The number of nitrogens with one attached hydrogen (secondary N) is 1. The highest BCUT2D eigenvalue weighted by Gasteiger charge is 2.45. The maximum atomic E-state index is 14.0. The van der Waals surface area contributed by atoms with Crippen molar-refractivity contribution in [3.05, 3.63) is 55.1 Å². The second kappa shape index (κ2) is 11.1. The van der Waals surface area contributed by atoms with E-state index in [1.165, 1.54) is 4.52 Å².